The molecule has 0 N–H and O–H groups in total. The number of anilines is 1. The third-order valence-electron chi connectivity index (χ3n) is 3.67. The second-order valence-electron chi connectivity index (χ2n) is 4.86. The molecule has 4 rings (SSSR count). The van der Waals surface area contributed by atoms with Crippen LogP contribution in [0.5, 0.6) is 5.75 Å². The van der Waals surface area contributed by atoms with Crippen molar-refractivity contribution >= 4 is 23.1 Å². The van der Waals surface area contributed by atoms with E-state index in [1.807, 2.05) is 6.07 Å². The fourth-order valence-corrected chi connectivity index (χ4v) is 2.69. The highest BCUT2D eigenvalue weighted by molar-refractivity contribution is 6.34. The smallest absolute Gasteiger partial charge is 0.286 e. The first-order chi connectivity index (χ1) is 10.7. The highest BCUT2D eigenvalue weighted by Crippen LogP contribution is 2.34. The fraction of sp³-hybridized carbons (Fsp3) is 0.0625. The van der Waals surface area contributed by atoms with E-state index in [4.69, 9.17) is 4.74 Å². The number of aromatic nitrogens is 2. The molecule has 0 bridgehead atoms. The maximum atomic E-state index is 12.7. The minimum absolute atomic E-state index is 0.169. The van der Waals surface area contributed by atoms with Gasteiger partial charge in [-0.3, -0.25) is 14.0 Å². The number of imide groups is 1. The van der Waals surface area contributed by atoms with Gasteiger partial charge in [-0.05, 0) is 24.3 Å². The average Bonchev–Trinajstić information content (AvgIpc) is 3.04. The minimum atomic E-state index is -0.437. The first-order valence-electron chi connectivity index (χ1n) is 6.71. The molecule has 1 aliphatic heterocycles. The van der Waals surface area contributed by atoms with E-state index in [9.17, 15) is 9.59 Å². The Balaban J connectivity index is 1.92. The number of amides is 2. The number of ether oxygens (including phenoxy) is 1. The summed E-state index contributed by atoms with van der Waals surface area (Å²) in [6.45, 7) is 0. The van der Waals surface area contributed by atoms with Gasteiger partial charge in [0.15, 0.2) is 5.69 Å². The first kappa shape index (κ1) is 12.6. The van der Waals surface area contributed by atoms with Gasteiger partial charge in [0.25, 0.3) is 11.8 Å². The zero-order chi connectivity index (χ0) is 15.3. The number of para-hydroxylation sites is 2. The molecule has 0 fully saturated rings. The summed E-state index contributed by atoms with van der Waals surface area (Å²) in [5, 5.41) is 0. The fourth-order valence-electron chi connectivity index (χ4n) is 2.69. The van der Waals surface area contributed by atoms with Gasteiger partial charge in [-0.2, -0.15) is 0 Å². The van der Waals surface area contributed by atoms with Gasteiger partial charge < -0.3 is 4.74 Å². The highest BCUT2D eigenvalue weighted by Gasteiger charge is 2.42. The summed E-state index contributed by atoms with van der Waals surface area (Å²) in [6, 6.07) is 12.3. The number of fused-ring (bicyclic) bond motifs is 3. The zero-order valence-electron chi connectivity index (χ0n) is 11.7. The Morgan fingerprint density at radius 2 is 1.77 bits per heavy atom. The largest absolute Gasteiger partial charge is 0.495 e. The maximum absolute atomic E-state index is 12.7. The molecule has 0 saturated carbocycles. The second kappa shape index (κ2) is 4.42. The molecular formula is C16H11N3O3. The van der Waals surface area contributed by atoms with E-state index in [1.165, 1.54) is 7.11 Å². The summed E-state index contributed by atoms with van der Waals surface area (Å²) in [7, 11) is 1.50. The number of hydrogen-bond acceptors (Lipinski definition) is 4. The normalized spacial score (nSPS) is 13.8. The standard InChI is InChI=1S/C16H11N3O3/c1-22-11-7-3-2-6-10(11)19-15(20)13-14(16(19)21)18-9-5-4-8-12(18)17-13/h2-9H,1H3. The predicted octanol–water partition coefficient (Wildman–Crippen LogP) is 2.14. The Morgan fingerprint density at radius 3 is 2.59 bits per heavy atom. The SMILES string of the molecule is COc1ccccc1N1C(=O)c2nc3ccccn3c2C1=O. The van der Waals surface area contributed by atoms with Crippen LogP contribution < -0.4 is 9.64 Å². The van der Waals surface area contributed by atoms with Crippen molar-refractivity contribution in [1.82, 2.24) is 9.38 Å². The van der Waals surface area contributed by atoms with E-state index in [0.29, 0.717) is 17.1 Å². The molecule has 1 aliphatic rings. The van der Waals surface area contributed by atoms with Gasteiger partial charge in [0.2, 0.25) is 0 Å². The summed E-state index contributed by atoms with van der Waals surface area (Å²) in [5.74, 6) is -0.375. The maximum Gasteiger partial charge on any atom is 0.286 e. The lowest BCUT2D eigenvalue weighted by Gasteiger charge is -2.17. The van der Waals surface area contributed by atoms with Crippen molar-refractivity contribution in [3.8, 4) is 5.75 Å². The Bertz CT molecular complexity index is 929. The van der Waals surface area contributed by atoms with Gasteiger partial charge >= 0.3 is 0 Å². The molecule has 3 aromatic rings. The molecule has 0 radical (unpaired) electrons. The van der Waals surface area contributed by atoms with E-state index < -0.39 is 11.8 Å². The van der Waals surface area contributed by atoms with Crippen molar-refractivity contribution in [3.05, 3.63) is 60.0 Å². The van der Waals surface area contributed by atoms with Crippen molar-refractivity contribution in [3.63, 3.8) is 0 Å². The predicted molar refractivity (Wildman–Crippen MR) is 79.3 cm³/mol. The lowest BCUT2D eigenvalue weighted by atomic mass is 10.2. The molecule has 6 heteroatoms. The van der Waals surface area contributed by atoms with Gasteiger partial charge in [-0.15, -0.1) is 0 Å². The van der Waals surface area contributed by atoms with Gasteiger partial charge in [0, 0.05) is 6.20 Å². The van der Waals surface area contributed by atoms with Crippen molar-refractivity contribution < 1.29 is 14.3 Å². The van der Waals surface area contributed by atoms with Crippen LogP contribution in [0.2, 0.25) is 0 Å². The molecule has 1 aromatic carbocycles. The summed E-state index contributed by atoms with van der Waals surface area (Å²) in [4.78, 5) is 30.7. The second-order valence-corrected chi connectivity index (χ2v) is 4.86. The minimum Gasteiger partial charge on any atom is -0.495 e. The summed E-state index contributed by atoms with van der Waals surface area (Å²) in [6.07, 6.45) is 1.72. The molecule has 2 amide bonds. The van der Waals surface area contributed by atoms with E-state index in [2.05, 4.69) is 4.98 Å². The third kappa shape index (κ3) is 1.52. The van der Waals surface area contributed by atoms with Crippen LogP contribution in [0, 0.1) is 0 Å². The monoisotopic (exact) mass is 293 g/mol. The first-order valence-corrected chi connectivity index (χ1v) is 6.71. The Morgan fingerprint density at radius 1 is 1.00 bits per heavy atom. The summed E-state index contributed by atoms with van der Waals surface area (Å²) in [5.41, 5.74) is 1.45. The number of rotatable bonds is 2. The Labute approximate surface area is 125 Å². The highest BCUT2D eigenvalue weighted by atomic mass is 16.5. The summed E-state index contributed by atoms with van der Waals surface area (Å²) < 4.78 is 6.87. The number of imidazole rings is 1. The lowest BCUT2D eigenvalue weighted by molar-refractivity contribution is 0.0921. The molecule has 0 unspecified atom stereocenters. The van der Waals surface area contributed by atoms with Crippen molar-refractivity contribution in [2.24, 2.45) is 0 Å². The van der Waals surface area contributed by atoms with E-state index in [0.717, 1.165) is 4.90 Å². The van der Waals surface area contributed by atoms with Gasteiger partial charge in [0.05, 0.1) is 12.8 Å². The van der Waals surface area contributed by atoms with Crippen LogP contribution in [0.1, 0.15) is 21.0 Å². The number of pyridine rings is 1. The molecule has 0 spiro atoms. The number of hydrogen-bond donors (Lipinski definition) is 0. The van der Waals surface area contributed by atoms with Crippen LogP contribution in [0.15, 0.2) is 48.7 Å². The molecule has 2 aromatic heterocycles. The third-order valence-corrected chi connectivity index (χ3v) is 3.67. The molecule has 0 saturated heterocycles. The number of carbonyl (C=O) groups excluding carboxylic acids is 2. The number of methoxy groups -OCH3 is 1. The van der Waals surface area contributed by atoms with Crippen molar-refractivity contribution in [2.45, 2.75) is 0 Å². The van der Waals surface area contributed by atoms with Crippen LogP contribution in [0.25, 0.3) is 5.65 Å². The Kier molecular flexibility index (Phi) is 2.53. The van der Waals surface area contributed by atoms with Gasteiger partial charge in [-0.1, -0.05) is 18.2 Å². The molecule has 0 aliphatic carbocycles. The van der Waals surface area contributed by atoms with Crippen LogP contribution in [0.3, 0.4) is 0 Å². The topological polar surface area (TPSA) is 63.9 Å². The average molecular weight is 293 g/mol. The van der Waals surface area contributed by atoms with Gasteiger partial charge in [-0.25, -0.2) is 9.88 Å². The molecule has 108 valence electrons. The van der Waals surface area contributed by atoms with Crippen LogP contribution in [-0.2, 0) is 0 Å². The van der Waals surface area contributed by atoms with Crippen LogP contribution >= 0.6 is 0 Å². The number of benzene rings is 1. The number of nitrogens with zero attached hydrogens (tertiary/aromatic N) is 3. The quantitative estimate of drug-likeness (QED) is 0.679. The van der Waals surface area contributed by atoms with Crippen LogP contribution in [-0.4, -0.2) is 28.3 Å². The lowest BCUT2D eigenvalue weighted by Crippen LogP contribution is -2.30. The summed E-state index contributed by atoms with van der Waals surface area (Å²) >= 11 is 0. The van der Waals surface area contributed by atoms with Crippen LogP contribution in [0.4, 0.5) is 5.69 Å². The molecule has 22 heavy (non-hydrogen) atoms. The number of carbonyl (C=O) groups is 2. The van der Waals surface area contributed by atoms with Crippen molar-refractivity contribution in [2.75, 3.05) is 12.0 Å². The van der Waals surface area contributed by atoms with E-state index >= 15 is 0 Å². The van der Waals surface area contributed by atoms with E-state index in [1.54, 1.807) is 47.0 Å². The molecular weight excluding hydrogens is 282 g/mol. The molecule has 0 atom stereocenters. The Hall–Kier alpha value is -3.15. The van der Waals surface area contributed by atoms with Crippen molar-refractivity contribution in [1.29, 1.82) is 0 Å². The van der Waals surface area contributed by atoms with E-state index in [-0.39, 0.29) is 11.4 Å². The van der Waals surface area contributed by atoms with Gasteiger partial charge in [0.1, 0.15) is 17.1 Å². The zero-order valence-corrected chi connectivity index (χ0v) is 11.7. The molecule has 6 nitrogen and oxygen atoms in total. The molecule has 3 heterocycles.